The first kappa shape index (κ1) is 35.7. The lowest BCUT2D eigenvalue weighted by Gasteiger charge is -2.25. The summed E-state index contributed by atoms with van der Waals surface area (Å²) in [5.74, 6) is 0. The molecule has 11 heteroatoms. The number of likely N-dealkylation sites (N-methyl/N-ethyl adjacent to an activating group) is 1. The van der Waals surface area contributed by atoms with Crippen molar-refractivity contribution in [3.63, 3.8) is 0 Å². The minimum absolute atomic E-state index is 0.112. The summed E-state index contributed by atoms with van der Waals surface area (Å²) in [7, 11) is -0.135. The Bertz CT molecular complexity index is 2410. The molecule has 7 rings (SSSR count). The second-order valence-electron chi connectivity index (χ2n) is 14.4. The van der Waals surface area contributed by atoms with Gasteiger partial charge in [0.25, 0.3) is 10.1 Å². The number of allylic oxidation sites excluding steroid dienone is 8. The van der Waals surface area contributed by atoms with E-state index in [2.05, 4.69) is 103 Å². The second-order valence-corrected chi connectivity index (χ2v) is 17.0. The fraction of sp³-hybridized carbons (Fsp3) is 0.275. The van der Waals surface area contributed by atoms with Gasteiger partial charge in [0.05, 0.1) is 22.4 Å². The summed E-state index contributed by atoms with van der Waals surface area (Å²) in [5.41, 5.74) is 8.45. The molecule has 0 radical (unpaired) electrons. The number of benzene rings is 4. The average Bonchev–Trinajstić information content (AvgIpc) is 3.41. The average molecular weight is 744 g/mol. The van der Waals surface area contributed by atoms with Gasteiger partial charge in [-0.2, -0.15) is 13.0 Å². The van der Waals surface area contributed by atoms with E-state index in [0.717, 1.165) is 96.6 Å². The molecule has 2 N–H and O–H groups in total. The first-order valence-corrected chi connectivity index (χ1v) is 19.3. The van der Waals surface area contributed by atoms with Crippen molar-refractivity contribution in [3.05, 3.63) is 118 Å². The standard InChI is InChI=1S/C40H39ClN2O6S2/c1-39(2)34(42(5)32-18-10-26-22-28(50-49-48-44)14-16-30(26)36(32)39)20-12-24-8-7-9-25(38(24)41)13-21-35-40(3,4)37-31-17-15-29(51(45,46)47)23-27(31)11-19-33(37)43(35)6/h10-23H,7-9H2,1-6H3,(H-,44,45,46,47)/p+1. The third kappa shape index (κ3) is 6.06. The van der Waals surface area contributed by atoms with Crippen molar-refractivity contribution in [2.24, 2.45) is 0 Å². The molecule has 0 spiro atoms. The van der Waals surface area contributed by atoms with Gasteiger partial charge >= 0.3 is 0 Å². The summed E-state index contributed by atoms with van der Waals surface area (Å²) in [5, 5.41) is 17.1. The van der Waals surface area contributed by atoms with Crippen molar-refractivity contribution < 1.29 is 32.2 Å². The summed E-state index contributed by atoms with van der Waals surface area (Å²) >= 11 is 8.11. The van der Waals surface area contributed by atoms with Gasteiger partial charge in [0.1, 0.15) is 7.05 Å². The van der Waals surface area contributed by atoms with E-state index >= 15 is 0 Å². The van der Waals surface area contributed by atoms with E-state index in [4.69, 9.17) is 16.9 Å². The Morgan fingerprint density at radius 2 is 1.61 bits per heavy atom. The van der Waals surface area contributed by atoms with E-state index in [1.54, 1.807) is 6.07 Å². The quantitative estimate of drug-likeness (QED) is 0.0635. The zero-order chi connectivity index (χ0) is 36.5. The van der Waals surface area contributed by atoms with Crippen LogP contribution in [0.3, 0.4) is 0 Å². The van der Waals surface area contributed by atoms with Gasteiger partial charge in [0, 0.05) is 51.5 Å². The number of halogens is 1. The van der Waals surface area contributed by atoms with Crippen LogP contribution in [0.25, 0.3) is 21.5 Å². The van der Waals surface area contributed by atoms with Crippen LogP contribution in [-0.2, 0) is 30.3 Å². The molecule has 0 atom stereocenters. The van der Waals surface area contributed by atoms with Gasteiger partial charge in [-0.15, -0.1) is 4.33 Å². The zero-order valence-corrected chi connectivity index (χ0v) is 31.7. The number of fused-ring (bicyclic) bond motifs is 6. The summed E-state index contributed by atoms with van der Waals surface area (Å²) < 4.78 is 40.0. The van der Waals surface area contributed by atoms with Crippen molar-refractivity contribution in [1.82, 2.24) is 0 Å². The Morgan fingerprint density at radius 3 is 2.35 bits per heavy atom. The van der Waals surface area contributed by atoms with Crippen LogP contribution in [0, 0.1) is 0 Å². The van der Waals surface area contributed by atoms with E-state index in [9.17, 15) is 13.0 Å². The third-order valence-electron chi connectivity index (χ3n) is 10.7. The molecule has 51 heavy (non-hydrogen) atoms. The number of hydrogen-bond acceptors (Lipinski definition) is 7. The molecule has 0 saturated carbocycles. The molecule has 0 fully saturated rings. The zero-order valence-electron chi connectivity index (χ0n) is 29.3. The first-order chi connectivity index (χ1) is 24.1. The Kier molecular flexibility index (Phi) is 9.11. The van der Waals surface area contributed by atoms with Gasteiger partial charge in [0.15, 0.2) is 5.71 Å². The lowest BCUT2D eigenvalue weighted by atomic mass is 9.78. The van der Waals surface area contributed by atoms with Crippen molar-refractivity contribution in [3.8, 4) is 0 Å². The lowest BCUT2D eigenvalue weighted by molar-refractivity contribution is -0.432. The van der Waals surface area contributed by atoms with Crippen molar-refractivity contribution in [1.29, 1.82) is 0 Å². The Balaban J connectivity index is 1.19. The van der Waals surface area contributed by atoms with Gasteiger partial charge in [-0.3, -0.25) is 4.55 Å². The SMILES string of the molecule is CN1C(=CC=C2CCCC(C=CC3=[N+](C)c4ccc5cc(S(=O)(=O)O)ccc5c4C3(C)C)=C2Cl)C(C)(C)c2c1ccc1cc(SOOO)ccc21. The van der Waals surface area contributed by atoms with Gasteiger partial charge in [-0.25, -0.2) is 5.26 Å². The third-order valence-corrected chi connectivity index (χ3v) is 12.6. The molecule has 4 aromatic carbocycles. The fourth-order valence-electron chi connectivity index (χ4n) is 8.29. The van der Waals surface area contributed by atoms with Crippen LogP contribution in [-0.4, -0.2) is 42.6 Å². The fourth-order valence-corrected chi connectivity index (χ4v) is 9.53. The molecule has 4 aromatic rings. The van der Waals surface area contributed by atoms with Crippen molar-refractivity contribution in [2.45, 2.75) is 67.6 Å². The van der Waals surface area contributed by atoms with Crippen LogP contribution in [0.2, 0.25) is 0 Å². The smallest absolute Gasteiger partial charge is 0.294 e. The molecule has 0 bridgehead atoms. The molecule has 2 aliphatic heterocycles. The Hall–Kier alpha value is -3.74. The highest BCUT2D eigenvalue weighted by Gasteiger charge is 2.44. The van der Waals surface area contributed by atoms with Crippen LogP contribution in [0.5, 0.6) is 0 Å². The Labute approximate surface area is 307 Å². The van der Waals surface area contributed by atoms with Crippen LogP contribution >= 0.6 is 23.6 Å². The maximum Gasteiger partial charge on any atom is 0.294 e. The summed E-state index contributed by atoms with van der Waals surface area (Å²) in [6.07, 6.45) is 11.5. The van der Waals surface area contributed by atoms with Crippen LogP contribution in [0.15, 0.2) is 117 Å². The summed E-state index contributed by atoms with van der Waals surface area (Å²) in [6, 6.07) is 19.0. The van der Waals surface area contributed by atoms with Crippen LogP contribution in [0.4, 0.5) is 11.4 Å². The number of nitrogens with zero attached hydrogens (tertiary/aromatic N) is 2. The van der Waals surface area contributed by atoms with Crippen LogP contribution in [0.1, 0.15) is 58.1 Å². The van der Waals surface area contributed by atoms with Gasteiger partial charge < -0.3 is 4.90 Å². The molecular formula is C40H40ClN2O6S2+. The minimum atomic E-state index is -4.30. The topological polar surface area (TPSA) is 99.3 Å². The second kappa shape index (κ2) is 13.0. The highest BCUT2D eigenvalue weighted by Crippen LogP contribution is 2.51. The van der Waals surface area contributed by atoms with E-state index in [0.29, 0.717) is 0 Å². The number of rotatable bonds is 7. The van der Waals surface area contributed by atoms with E-state index < -0.39 is 10.1 Å². The van der Waals surface area contributed by atoms with E-state index in [1.807, 2.05) is 24.3 Å². The first-order valence-electron chi connectivity index (χ1n) is 16.7. The van der Waals surface area contributed by atoms with Gasteiger partial charge in [0.2, 0.25) is 5.69 Å². The molecule has 8 nitrogen and oxygen atoms in total. The van der Waals surface area contributed by atoms with Crippen LogP contribution < -0.4 is 4.90 Å². The van der Waals surface area contributed by atoms with Crippen molar-refractivity contribution in [2.75, 3.05) is 19.0 Å². The normalized spacial score (nSPS) is 20.1. The highest BCUT2D eigenvalue weighted by atomic mass is 35.5. The molecule has 264 valence electrons. The van der Waals surface area contributed by atoms with E-state index in [-0.39, 0.29) is 15.7 Å². The van der Waals surface area contributed by atoms with Crippen molar-refractivity contribution >= 4 is 72.4 Å². The van der Waals surface area contributed by atoms with Gasteiger partial charge in [-0.1, -0.05) is 60.8 Å². The summed E-state index contributed by atoms with van der Waals surface area (Å²) in [6.45, 7) is 8.86. The molecule has 1 aliphatic carbocycles. The largest absolute Gasteiger partial charge is 0.347 e. The molecule has 2 heterocycles. The molecule has 0 saturated heterocycles. The monoisotopic (exact) mass is 743 g/mol. The van der Waals surface area contributed by atoms with Gasteiger partial charge in [-0.05, 0) is 114 Å². The highest BCUT2D eigenvalue weighted by molar-refractivity contribution is 7.94. The molecular weight excluding hydrogens is 704 g/mol. The minimum Gasteiger partial charge on any atom is -0.347 e. The predicted octanol–water partition coefficient (Wildman–Crippen LogP) is 10.1. The molecule has 0 aromatic heterocycles. The Morgan fingerprint density at radius 1 is 0.902 bits per heavy atom. The number of hydrogen-bond donors (Lipinski definition) is 2. The summed E-state index contributed by atoms with van der Waals surface area (Å²) in [4.78, 5) is 2.97. The molecule has 3 aliphatic rings. The predicted molar refractivity (Wildman–Crippen MR) is 206 cm³/mol. The maximum atomic E-state index is 11.8. The number of anilines is 1. The molecule has 0 amide bonds. The maximum absolute atomic E-state index is 11.8. The van der Waals surface area contributed by atoms with E-state index in [1.165, 1.54) is 23.4 Å². The lowest BCUT2D eigenvalue weighted by Crippen LogP contribution is -2.27. The molecule has 0 unspecified atom stereocenters.